The quantitative estimate of drug-likeness (QED) is 0.743. The Kier molecular flexibility index (Phi) is 4.69. The highest BCUT2D eigenvalue weighted by Crippen LogP contribution is 2.24. The summed E-state index contributed by atoms with van der Waals surface area (Å²) < 4.78 is 0. The first-order chi connectivity index (χ1) is 7.90. The molecule has 0 aromatic heterocycles. The van der Waals surface area contributed by atoms with Crippen molar-refractivity contribution in [3.8, 4) is 0 Å². The fourth-order valence-corrected chi connectivity index (χ4v) is 1.91. The molecule has 4 N–H and O–H groups in total. The Hall–Kier alpha value is -0.900. The third-order valence-corrected chi connectivity index (χ3v) is 3.07. The van der Waals surface area contributed by atoms with Crippen LogP contribution in [0.5, 0.6) is 0 Å². The van der Waals surface area contributed by atoms with Gasteiger partial charge in [-0.05, 0) is 23.6 Å². The van der Waals surface area contributed by atoms with Gasteiger partial charge in [0.15, 0.2) is 0 Å². The fraction of sp³-hybridized carbons (Fsp3) is 0.571. The van der Waals surface area contributed by atoms with Crippen molar-refractivity contribution in [3.05, 3.63) is 35.4 Å². The summed E-state index contributed by atoms with van der Waals surface area (Å²) >= 11 is 0. The van der Waals surface area contributed by atoms with Gasteiger partial charge in [0.1, 0.15) is 0 Å². The van der Waals surface area contributed by atoms with Gasteiger partial charge in [0.2, 0.25) is 0 Å². The fourth-order valence-electron chi connectivity index (χ4n) is 1.91. The molecule has 0 radical (unpaired) electrons. The first-order valence-corrected chi connectivity index (χ1v) is 6.06. The second-order valence-electron chi connectivity index (χ2n) is 5.44. The third kappa shape index (κ3) is 3.53. The van der Waals surface area contributed by atoms with Crippen molar-refractivity contribution < 1.29 is 5.11 Å². The zero-order valence-electron chi connectivity index (χ0n) is 11.2. The van der Waals surface area contributed by atoms with Crippen LogP contribution >= 0.6 is 0 Å². The van der Waals surface area contributed by atoms with Crippen LogP contribution < -0.4 is 11.1 Å². The second-order valence-corrected chi connectivity index (χ2v) is 5.44. The SMILES string of the molecule is CNC(c1ccc(C(C)(C)C)cc1)C(O)CN. The Bertz CT molecular complexity index is 340. The standard InChI is InChI=1S/C14H24N2O/c1-14(2,3)11-7-5-10(6-8-11)13(16-4)12(17)9-15/h5-8,12-13,16-17H,9,15H2,1-4H3. The summed E-state index contributed by atoms with van der Waals surface area (Å²) in [5, 5.41) is 12.9. The van der Waals surface area contributed by atoms with E-state index in [0.29, 0.717) is 0 Å². The van der Waals surface area contributed by atoms with Gasteiger partial charge < -0.3 is 16.2 Å². The summed E-state index contributed by atoms with van der Waals surface area (Å²) in [6.07, 6.45) is -0.555. The van der Waals surface area contributed by atoms with E-state index in [9.17, 15) is 5.11 Å². The molecule has 0 heterocycles. The molecule has 1 aromatic rings. The molecule has 0 aliphatic carbocycles. The number of aliphatic hydroxyl groups excluding tert-OH is 1. The third-order valence-electron chi connectivity index (χ3n) is 3.07. The molecular weight excluding hydrogens is 212 g/mol. The van der Waals surface area contributed by atoms with Gasteiger partial charge in [-0.1, -0.05) is 45.0 Å². The maximum atomic E-state index is 9.81. The molecule has 3 nitrogen and oxygen atoms in total. The van der Waals surface area contributed by atoms with Crippen LogP contribution in [0.2, 0.25) is 0 Å². The Morgan fingerprint density at radius 1 is 1.24 bits per heavy atom. The van der Waals surface area contributed by atoms with Crippen LogP contribution in [0.15, 0.2) is 24.3 Å². The van der Waals surface area contributed by atoms with E-state index in [0.717, 1.165) is 5.56 Å². The van der Waals surface area contributed by atoms with E-state index >= 15 is 0 Å². The molecule has 0 bridgehead atoms. The minimum Gasteiger partial charge on any atom is -0.390 e. The van der Waals surface area contributed by atoms with Crippen LogP contribution in [0, 0.1) is 0 Å². The minimum atomic E-state index is -0.555. The largest absolute Gasteiger partial charge is 0.390 e. The number of benzene rings is 1. The van der Waals surface area contributed by atoms with E-state index in [1.807, 2.05) is 7.05 Å². The normalized spacial score (nSPS) is 15.6. The van der Waals surface area contributed by atoms with Crippen molar-refractivity contribution in [1.29, 1.82) is 0 Å². The van der Waals surface area contributed by atoms with E-state index in [1.165, 1.54) is 5.56 Å². The predicted molar refractivity (Wildman–Crippen MR) is 72.0 cm³/mol. The maximum absolute atomic E-state index is 9.81. The lowest BCUT2D eigenvalue weighted by Gasteiger charge is -2.24. The summed E-state index contributed by atoms with van der Waals surface area (Å²) in [6.45, 7) is 6.82. The maximum Gasteiger partial charge on any atom is 0.0856 e. The van der Waals surface area contributed by atoms with Crippen LogP contribution in [0.3, 0.4) is 0 Å². The molecule has 96 valence electrons. The van der Waals surface area contributed by atoms with Gasteiger partial charge in [-0.15, -0.1) is 0 Å². The molecule has 1 rings (SSSR count). The Morgan fingerprint density at radius 2 is 1.76 bits per heavy atom. The number of likely N-dealkylation sites (N-methyl/N-ethyl adjacent to an activating group) is 1. The topological polar surface area (TPSA) is 58.3 Å². The summed E-state index contributed by atoms with van der Waals surface area (Å²) in [6, 6.07) is 8.24. The van der Waals surface area contributed by atoms with Gasteiger partial charge in [0.25, 0.3) is 0 Å². The van der Waals surface area contributed by atoms with Crippen LogP contribution in [0.4, 0.5) is 0 Å². The molecule has 2 atom stereocenters. The van der Waals surface area contributed by atoms with Crippen molar-refractivity contribution >= 4 is 0 Å². The number of nitrogens with two attached hydrogens (primary N) is 1. The molecule has 17 heavy (non-hydrogen) atoms. The molecule has 0 spiro atoms. The van der Waals surface area contributed by atoms with E-state index in [4.69, 9.17) is 5.73 Å². The Morgan fingerprint density at radius 3 is 2.12 bits per heavy atom. The molecule has 0 saturated carbocycles. The molecule has 0 amide bonds. The lowest BCUT2D eigenvalue weighted by Crippen LogP contribution is -2.35. The highest BCUT2D eigenvalue weighted by Gasteiger charge is 2.19. The molecule has 0 fully saturated rings. The number of aliphatic hydroxyl groups is 1. The van der Waals surface area contributed by atoms with Crippen LogP contribution in [0.25, 0.3) is 0 Å². The zero-order valence-corrected chi connectivity index (χ0v) is 11.2. The summed E-state index contributed by atoms with van der Waals surface area (Å²) in [4.78, 5) is 0. The second kappa shape index (κ2) is 5.63. The number of hydrogen-bond donors (Lipinski definition) is 3. The van der Waals surface area contributed by atoms with Crippen molar-refractivity contribution in [2.75, 3.05) is 13.6 Å². The van der Waals surface area contributed by atoms with E-state index < -0.39 is 6.10 Å². The minimum absolute atomic E-state index is 0.103. The average molecular weight is 236 g/mol. The van der Waals surface area contributed by atoms with E-state index in [2.05, 4.69) is 50.4 Å². The zero-order chi connectivity index (χ0) is 13.1. The molecule has 0 aliphatic rings. The molecule has 0 saturated heterocycles. The molecular formula is C14H24N2O. The predicted octanol–water partition coefficient (Wildman–Crippen LogP) is 1.56. The first-order valence-electron chi connectivity index (χ1n) is 6.06. The van der Waals surface area contributed by atoms with Crippen molar-refractivity contribution in [1.82, 2.24) is 5.32 Å². The van der Waals surface area contributed by atoms with Crippen molar-refractivity contribution in [2.24, 2.45) is 5.73 Å². The van der Waals surface area contributed by atoms with Crippen LogP contribution in [-0.4, -0.2) is 24.8 Å². The van der Waals surface area contributed by atoms with Gasteiger partial charge in [-0.2, -0.15) is 0 Å². The Labute approximate surface area is 104 Å². The molecule has 3 heteroatoms. The lowest BCUT2D eigenvalue weighted by molar-refractivity contribution is 0.139. The van der Waals surface area contributed by atoms with E-state index in [-0.39, 0.29) is 18.0 Å². The van der Waals surface area contributed by atoms with Crippen LogP contribution in [-0.2, 0) is 5.41 Å². The van der Waals surface area contributed by atoms with Gasteiger partial charge in [-0.3, -0.25) is 0 Å². The lowest BCUT2D eigenvalue weighted by atomic mass is 9.86. The monoisotopic (exact) mass is 236 g/mol. The summed E-state index contributed by atoms with van der Waals surface area (Å²) in [7, 11) is 1.83. The van der Waals surface area contributed by atoms with Crippen LogP contribution in [0.1, 0.15) is 37.9 Å². The summed E-state index contributed by atoms with van der Waals surface area (Å²) in [5.74, 6) is 0. The molecule has 2 unspecified atom stereocenters. The number of rotatable bonds is 4. The number of hydrogen-bond acceptors (Lipinski definition) is 3. The Balaban J connectivity index is 2.93. The number of nitrogens with one attached hydrogen (secondary N) is 1. The smallest absolute Gasteiger partial charge is 0.0856 e. The molecule has 0 aliphatic heterocycles. The van der Waals surface area contributed by atoms with E-state index in [1.54, 1.807) is 0 Å². The summed E-state index contributed by atoms with van der Waals surface area (Å²) in [5.41, 5.74) is 8.01. The van der Waals surface area contributed by atoms with Gasteiger partial charge in [0.05, 0.1) is 12.1 Å². The van der Waals surface area contributed by atoms with Gasteiger partial charge in [-0.25, -0.2) is 0 Å². The van der Waals surface area contributed by atoms with Gasteiger partial charge >= 0.3 is 0 Å². The average Bonchev–Trinajstić information content (AvgIpc) is 2.29. The van der Waals surface area contributed by atoms with Gasteiger partial charge in [0, 0.05) is 6.54 Å². The molecule has 1 aromatic carbocycles. The van der Waals surface area contributed by atoms with Crippen molar-refractivity contribution in [2.45, 2.75) is 38.3 Å². The van der Waals surface area contributed by atoms with Crippen molar-refractivity contribution in [3.63, 3.8) is 0 Å². The highest BCUT2D eigenvalue weighted by molar-refractivity contribution is 5.29. The first kappa shape index (κ1) is 14.2. The highest BCUT2D eigenvalue weighted by atomic mass is 16.3.